The Bertz CT molecular complexity index is 1170. The van der Waals surface area contributed by atoms with E-state index in [1.54, 1.807) is 24.5 Å². The third-order valence-electron chi connectivity index (χ3n) is 6.81. The maximum absolute atomic E-state index is 13.3. The van der Waals surface area contributed by atoms with Crippen molar-refractivity contribution >= 4 is 40.9 Å². The molecule has 0 unspecified atom stereocenters. The lowest BCUT2D eigenvalue weighted by Gasteiger charge is -2.39. The van der Waals surface area contributed by atoms with Crippen LogP contribution in [0.5, 0.6) is 0 Å². The number of carbonyl (C=O) groups excluding carboxylic acids is 1. The fourth-order valence-electron chi connectivity index (χ4n) is 4.98. The number of likely N-dealkylation sites (tertiary alicyclic amines) is 1. The summed E-state index contributed by atoms with van der Waals surface area (Å²) in [5.74, 6) is 0.0196. The first-order valence-electron chi connectivity index (χ1n) is 11.2. The van der Waals surface area contributed by atoms with Gasteiger partial charge >= 0.3 is 0 Å². The number of carbonyl (C=O) groups is 1. The second-order valence-electron chi connectivity index (χ2n) is 8.82. The predicted molar refractivity (Wildman–Crippen MR) is 135 cm³/mol. The SMILES string of the molecule is O=C(c1ccncc1)N1CC2(CCN(CC=Cc3ccc(Cl)cc3)CC2)c2cc(Cl)ccc21. The van der Waals surface area contributed by atoms with Crippen LogP contribution in [0.4, 0.5) is 5.69 Å². The molecule has 2 aromatic carbocycles. The van der Waals surface area contributed by atoms with Crippen molar-refractivity contribution in [1.29, 1.82) is 0 Å². The first-order chi connectivity index (χ1) is 16.0. The molecule has 0 atom stereocenters. The fourth-order valence-corrected chi connectivity index (χ4v) is 5.27. The van der Waals surface area contributed by atoms with Crippen molar-refractivity contribution in [2.24, 2.45) is 0 Å². The van der Waals surface area contributed by atoms with E-state index in [2.05, 4.69) is 28.1 Å². The monoisotopic (exact) mass is 477 g/mol. The molecule has 0 bridgehead atoms. The number of pyridine rings is 1. The van der Waals surface area contributed by atoms with Gasteiger partial charge in [-0.25, -0.2) is 0 Å². The topological polar surface area (TPSA) is 36.4 Å². The predicted octanol–water partition coefficient (Wildman–Crippen LogP) is 6.10. The highest BCUT2D eigenvalue weighted by atomic mass is 35.5. The van der Waals surface area contributed by atoms with Gasteiger partial charge in [-0.05, 0) is 79.5 Å². The summed E-state index contributed by atoms with van der Waals surface area (Å²) in [5.41, 5.74) is 3.94. The normalized spacial score (nSPS) is 17.6. The molecule has 0 radical (unpaired) electrons. The van der Waals surface area contributed by atoms with Crippen molar-refractivity contribution in [1.82, 2.24) is 9.88 Å². The van der Waals surface area contributed by atoms with Crippen LogP contribution in [0, 0.1) is 0 Å². The maximum atomic E-state index is 13.3. The number of aromatic nitrogens is 1. The minimum Gasteiger partial charge on any atom is -0.307 e. The summed E-state index contributed by atoms with van der Waals surface area (Å²) in [7, 11) is 0. The number of rotatable bonds is 4. The Morgan fingerprint density at radius 2 is 1.67 bits per heavy atom. The highest BCUT2D eigenvalue weighted by Gasteiger charge is 2.46. The van der Waals surface area contributed by atoms with Crippen molar-refractivity contribution < 1.29 is 4.79 Å². The van der Waals surface area contributed by atoms with Crippen LogP contribution in [-0.4, -0.2) is 42.0 Å². The maximum Gasteiger partial charge on any atom is 0.258 e. The Labute approximate surface area is 204 Å². The number of piperidine rings is 1. The zero-order valence-electron chi connectivity index (χ0n) is 18.3. The zero-order chi connectivity index (χ0) is 22.8. The second-order valence-corrected chi connectivity index (χ2v) is 9.70. The molecule has 3 heterocycles. The minimum absolute atomic E-state index is 0.0196. The molecule has 0 N–H and O–H groups in total. The molecule has 5 rings (SSSR count). The summed E-state index contributed by atoms with van der Waals surface area (Å²) in [6.07, 6.45) is 9.67. The number of amides is 1. The van der Waals surface area contributed by atoms with E-state index in [1.807, 2.05) is 41.3 Å². The lowest BCUT2D eigenvalue weighted by molar-refractivity contribution is 0.0977. The molecule has 168 valence electrons. The summed E-state index contributed by atoms with van der Waals surface area (Å²) < 4.78 is 0. The summed E-state index contributed by atoms with van der Waals surface area (Å²) >= 11 is 12.4. The number of benzene rings is 2. The van der Waals surface area contributed by atoms with Gasteiger partial charge in [0, 0.05) is 52.2 Å². The summed E-state index contributed by atoms with van der Waals surface area (Å²) in [5, 5.41) is 1.47. The molecule has 2 aliphatic heterocycles. The second kappa shape index (κ2) is 9.30. The number of anilines is 1. The average molecular weight is 478 g/mol. The Kier molecular flexibility index (Phi) is 6.24. The summed E-state index contributed by atoms with van der Waals surface area (Å²) in [4.78, 5) is 21.8. The summed E-state index contributed by atoms with van der Waals surface area (Å²) in [6.45, 7) is 3.56. The smallest absolute Gasteiger partial charge is 0.258 e. The van der Waals surface area contributed by atoms with E-state index in [-0.39, 0.29) is 11.3 Å². The lowest BCUT2D eigenvalue weighted by Crippen LogP contribution is -2.46. The number of hydrogen-bond acceptors (Lipinski definition) is 3. The Morgan fingerprint density at radius 3 is 2.39 bits per heavy atom. The van der Waals surface area contributed by atoms with Crippen LogP contribution in [0.2, 0.25) is 10.0 Å². The van der Waals surface area contributed by atoms with Gasteiger partial charge in [0.1, 0.15) is 0 Å². The van der Waals surface area contributed by atoms with Gasteiger partial charge in [0.15, 0.2) is 0 Å². The van der Waals surface area contributed by atoms with E-state index < -0.39 is 0 Å². The number of nitrogens with zero attached hydrogens (tertiary/aromatic N) is 3. The van der Waals surface area contributed by atoms with Gasteiger partial charge < -0.3 is 4.90 Å². The fraction of sp³-hybridized carbons (Fsp3) is 0.259. The van der Waals surface area contributed by atoms with Gasteiger partial charge in [0.05, 0.1) is 0 Å². The van der Waals surface area contributed by atoms with Crippen LogP contribution in [-0.2, 0) is 5.41 Å². The van der Waals surface area contributed by atoms with E-state index in [4.69, 9.17) is 23.2 Å². The molecule has 1 spiro atoms. The van der Waals surface area contributed by atoms with E-state index in [1.165, 1.54) is 5.56 Å². The minimum atomic E-state index is -0.0562. The Balaban J connectivity index is 1.30. The van der Waals surface area contributed by atoms with Crippen molar-refractivity contribution in [2.45, 2.75) is 18.3 Å². The molecule has 2 aliphatic rings. The molecular weight excluding hydrogens is 453 g/mol. The van der Waals surface area contributed by atoms with Crippen molar-refractivity contribution in [3.05, 3.63) is 99.8 Å². The summed E-state index contributed by atoms with van der Waals surface area (Å²) in [6, 6.07) is 17.4. The largest absolute Gasteiger partial charge is 0.307 e. The molecule has 33 heavy (non-hydrogen) atoms. The number of hydrogen-bond donors (Lipinski definition) is 0. The van der Waals surface area contributed by atoms with Gasteiger partial charge in [0.2, 0.25) is 0 Å². The third kappa shape index (κ3) is 4.56. The molecule has 3 aromatic rings. The van der Waals surface area contributed by atoms with Crippen LogP contribution in [0.15, 0.2) is 73.1 Å². The van der Waals surface area contributed by atoms with E-state index >= 15 is 0 Å². The quantitative estimate of drug-likeness (QED) is 0.455. The highest BCUT2D eigenvalue weighted by molar-refractivity contribution is 6.31. The molecule has 0 saturated carbocycles. The number of halogens is 2. The van der Waals surface area contributed by atoms with E-state index in [9.17, 15) is 4.79 Å². The lowest BCUT2D eigenvalue weighted by atomic mass is 9.74. The first kappa shape index (κ1) is 22.1. The van der Waals surface area contributed by atoms with Crippen molar-refractivity contribution in [3.63, 3.8) is 0 Å². The van der Waals surface area contributed by atoms with Gasteiger partial charge in [-0.2, -0.15) is 0 Å². The molecule has 1 fully saturated rings. The Hall–Kier alpha value is -2.66. The van der Waals surface area contributed by atoms with Gasteiger partial charge in [-0.1, -0.05) is 47.5 Å². The third-order valence-corrected chi connectivity index (χ3v) is 7.30. The van der Waals surface area contributed by atoms with Crippen LogP contribution >= 0.6 is 23.2 Å². The van der Waals surface area contributed by atoms with E-state index in [0.717, 1.165) is 53.8 Å². The van der Waals surface area contributed by atoms with Crippen LogP contribution in [0.1, 0.15) is 34.3 Å². The van der Waals surface area contributed by atoms with Crippen LogP contribution in [0.3, 0.4) is 0 Å². The molecule has 1 aromatic heterocycles. The highest BCUT2D eigenvalue weighted by Crippen LogP contribution is 2.48. The van der Waals surface area contributed by atoms with Gasteiger partial charge in [-0.15, -0.1) is 0 Å². The van der Waals surface area contributed by atoms with Crippen molar-refractivity contribution in [2.75, 3.05) is 31.1 Å². The molecule has 1 amide bonds. The standard InChI is InChI=1S/C27H25Cl2N3O/c28-22-5-3-20(4-6-22)2-1-15-31-16-11-27(12-17-31)19-32(25-8-7-23(29)18-24(25)27)26(33)21-9-13-30-14-10-21/h1-10,13-14,18H,11-12,15-17,19H2. The van der Waals surface area contributed by atoms with Crippen LogP contribution in [0.25, 0.3) is 6.08 Å². The van der Waals surface area contributed by atoms with Crippen molar-refractivity contribution in [3.8, 4) is 0 Å². The van der Waals surface area contributed by atoms with Gasteiger partial charge in [0.25, 0.3) is 5.91 Å². The number of fused-ring (bicyclic) bond motifs is 2. The van der Waals surface area contributed by atoms with Gasteiger partial charge in [-0.3, -0.25) is 14.7 Å². The molecule has 4 nitrogen and oxygen atoms in total. The molecular formula is C27H25Cl2N3O. The molecule has 6 heteroatoms. The molecule has 0 aliphatic carbocycles. The van der Waals surface area contributed by atoms with E-state index in [0.29, 0.717) is 12.1 Å². The zero-order valence-corrected chi connectivity index (χ0v) is 19.8. The Morgan fingerprint density at radius 1 is 0.970 bits per heavy atom. The molecule has 1 saturated heterocycles. The first-order valence-corrected chi connectivity index (χ1v) is 12.0. The van der Waals surface area contributed by atoms with Crippen LogP contribution < -0.4 is 4.90 Å². The average Bonchev–Trinajstić information content (AvgIpc) is 3.15.